The summed E-state index contributed by atoms with van der Waals surface area (Å²) in [5.74, 6) is -0.685. The van der Waals surface area contributed by atoms with E-state index in [-0.39, 0.29) is 11.7 Å². The summed E-state index contributed by atoms with van der Waals surface area (Å²) in [4.78, 5) is 12.4. The highest BCUT2D eigenvalue weighted by Crippen LogP contribution is 2.23. The molecule has 1 unspecified atom stereocenters. The number of hydrogen-bond donors (Lipinski definition) is 2. The molecule has 0 saturated carbocycles. The van der Waals surface area contributed by atoms with Gasteiger partial charge in [0.2, 0.25) is 5.91 Å². The van der Waals surface area contributed by atoms with Crippen LogP contribution in [0.2, 0.25) is 5.02 Å². The lowest BCUT2D eigenvalue weighted by Gasteiger charge is -2.23. The van der Waals surface area contributed by atoms with E-state index in [9.17, 15) is 4.79 Å². The fourth-order valence-electron chi connectivity index (χ4n) is 2.21. The minimum absolute atomic E-state index is 0.223. The summed E-state index contributed by atoms with van der Waals surface area (Å²) < 4.78 is 0. The number of benzene rings is 2. The molecule has 3 N–H and O–H groups in total. The molecule has 0 radical (unpaired) electrons. The summed E-state index contributed by atoms with van der Waals surface area (Å²) in [7, 11) is 0. The molecule has 2 aromatic carbocycles. The van der Waals surface area contributed by atoms with Crippen molar-refractivity contribution in [3.05, 3.63) is 71.9 Å². The van der Waals surface area contributed by atoms with Gasteiger partial charge in [-0.15, -0.1) is 0 Å². The van der Waals surface area contributed by atoms with Crippen molar-refractivity contribution in [2.24, 2.45) is 16.8 Å². The maximum absolute atomic E-state index is 12.4. The maximum atomic E-state index is 12.4. The molecule has 1 heterocycles. The van der Waals surface area contributed by atoms with Crippen LogP contribution in [0.15, 0.2) is 72.0 Å². The zero-order valence-corrected chi connectivity index (χ0v) is 12.9. The Morgan fingerprint density at radius 2 is 1.83 bits per heavy atom. The molecule has 2 aromatic rings. The van der Waals surface area contributed by atoms with E-state index in [4.69, 9.17) is 17.3 Å². The summed E-state index contributed by atoms with van der Waals surface area (Å²) >= 11 is 6.04. The fourth-order valence-corrected chi connectivity index (χ4v) is 2.39. The van der Waals surface area contributed by atoms with Crippen LogP contribution >= 0.6 is 11.6 Å². The largest absolute Gasteiger partial charge is 0.385 e. The monoisotopic (exact) mass is 326 g/mol. The van der Waals surface area contributed by atoms with E-state index in [1.54, 1.807) is 41.6 Å². The van der Waals surface area contributed by atoms with Gasteiger partial charge in [0.1, 0.15) is 11.8 Å². The number of hydrazone groups is 1. The van der Waals surface area contributed by atoms with Crippen LogP contribution in [-0.4, -0.2) is 11.7 Å². The molecule has 0 aromatic heterocycles. The molecule has 0 spiro atoms. The molecule has 0 bridgehead atoms. The van der Waals surface area contributed by atoms with Gasteiger partial charge in [-0.2, -0.15) is 5.10 Å². The number of carbonyl (C=O) groups excluding carboxylic acids is 1. The third-order valence-corrected chi connectivity index (χ3v) is 3.73. The molecule has 1 atom stereocenters. The topological polar surface area (TPSA) is 70.7 Å². The van der Waals surface area contributed by atoms with Crippen LogP contribution in [0.4, 0.5) is 11.4 Å². The Balaban J connectivity index is 1.74. The van der Waals surface area contributed by atoms with Crippen LogP contribution in [0.25, 0.3) is 0 Å². The van der Waals surface area contributed by atoms with Gasteiger partial charge in [0.25, 0.3) is 0 Å². The molecule has 6 heteroatoms. The number of anilines is 2. The van der Waals surface area contributed by atoms with Gasteiger partial charge in [-0.05, 0) is 30.3 Å². The minimum Gasteiger partial charge on any atom is -0.385 e. The number of halogens is 1. The average molecular weight is 327 g/mol. The molecule has 0 fully saturated rings. The standard InChI is InChI=1S/C17H15ClN4O/c18-14-8-4-5-9-15(14)20-17(23)13-10-11-22(21-16(13)19)12-6-2-1-3-7-12/h1-11,13H,(H2,19,21)(H,20,23). The van der Waals surface area contributed by atoms with Gasteiger partial charge in [-0.3, -0.25) is 4.79 Å². The van der Waals surface area contributed by atoms with E-state index >= 15 is 0 Å². The van der Waals surface area contributed by atoms with Crippen LogP contribution in [0.1, 0.15) is 0 Å². The molecular formula is C17H15ClN4O. The van der Waals surface area contributed by atoms with Crippen molar-refractivity contribution < 1.29 is 4.79 Å². The Labute approximate surface area is 139 Å². The molecular weight excluding hydrogens is 312 g/mol. The first-order chi connectivity index (χ1) is 11.1. The van der Waals surface area contributed by atoms with E-state index in [1.807, 2.05) is 30.3 Å². The molecule has 0 aliphatic carbocycles. The van der Waals surface area contributed by atoms with E-state index in [1.165, 1.54) is 0 Å². The number of carbonyl (C=O) groups is 1. The van der Waals surface area contributed by atoms with E-state index in [0.717, 1.165) is 5.69 Å². The Morgan fingerprint density at radius 1 is 1.13 bits per heavy atom. The first-order valence-corrected chi connectivity index (χ1v) is 7.45. The van der Waals surface area contributed by atoms with E-state index in [0.29, 0.717) is 10.7 Å². The summed E-state index contributed by atoms with van der Waals surface area (Å²) in [6.45, 7) is 0. The molecule has 23 heavy (non-hydrogen) atoms. The minimum atomic E-state index is -0.633. The number of amidine groups is 1. The number of hydrogen-bond acceptors (Lipinski definition) is 4. The third kappa shape index (κ3) is 3.35. The number of rotatable bonds is 3. The Morgan fingerprint density at radius 3 is 2.52 bits per heavy atom. The molecule has 3 rings (SSSR count). The van der Waals surface area contributed by atoms with Crippen molar-refractivity contribution in [3.8, 4) is 0 Å². The summed E-state index contributed by atoms with van der Waals surface area (Å²) in [6.07, 6.45) is 3.43. The maximum Gasteiger partial charge on any atom is 0.239 e. The lowest BCUT2D eigenvalue weighted by atomic mass is 10.1. The molecule has 116 valence electrons. The molecule has 1 aliphatic heterocycles. The first kappa shape index (κ1) is 15.1. The van der Waals surface area contributed by atoms with Gasteiger partial charge in [0.05, 0.1) is 16.4 Å². The van der Waals surface area contributed by atoms with Gasteiger partial charge >= 0.3 is 0 Å². The normalized spacial score (nSPS) is 16.8. The van der Waals surface area contributed by atoms with Crippen molar-refractivity contribution in [2.75, 3.05) is 10.3 Å². The number of nitrogens with one attached hydrogen (secondary N) is 1. The fraction of sp³-hybridized carbons (Fsp3) is 0.0588. The lowest BCUT2D eigenvalue weighted by Crippen LogP contribution is -2.37. The van der Waals surface area contributed by atoms with Crippen LogP contribution in [-0.2, 0) is 4.79 Å². The van der Waals surface area contributed by atoms with Gasteiger partial charge < -0.3 is 11.1 Å². The van der Waals surface area contributed by atoms with Crippen molar-refractivity contribution in [2.45, 2.75) is 0 Å². The van der Waals surface area contributed by atoms with Crippen LogP contribution in [0, 0.1) is 5.92 Å². The molecule has 5 nitrogen and oxygen atoms in total. The lowest BCUT2D eigenvalue weighted by molar-refractivity contribution is -0.117. The van der Waals surface area contributed by atoms with Gasteiger partial charge in [-0.25, -0.2) is 5.01 Å². The quantitative estimate of drug-likeness (QED) is 0.910. The number of amides is 1. The SMILES string of the molecule is NC1=NN(c2ccccc2)C=CC1C(=O)Nc1ccccc1Cl. The van der Waals surface area contributed by atoms with Gasteiger partial charge in [0.15, 0.2) is 0 Å². The number of nitrogens with zero attached hydrogens (tertiary/aromatic N) is 2. The highest BCUT2D eigenvalue weighted by atomic mass is 35.5. The Bertz CT molecular complexity index is 773. The van der Waals surface area contributed by atoms with E-state index < -0.39 is 5.92 Å². The van der Waals surface area contributed by atoms with Crippen molar-refractivity contribution in [3.63, 3.8) is 0 Å². The molecule has 0 saturated heterocycles. The second kappa shape index (κ2) is 6.54. The van der Waals surface area contributed by atoms with Gasteiger partial charge in [0, 0.05) is 6.20 Å². The molecule has 1 amide bonds. The zero-order valence-electron chi connectivity index (χ0n) is 12.2. The van der Waals surface area contributed by atoms with E-state index in [2.05, 4.69) is 10.4 Å². The predicted molar refractivity (Wildman–Crippen MR) is 93.3 cm³/mol. The first-order valence-electron chi connectivity index (χ1n) is 7.07. The zero-order chi connectivity index (χ0) is 16.2. The molecule has 1 aliphatic rings. The van der Waals surface area contributed by atoms with Crippen LogP contribution in [0.3, 0.4) is 0 Å². The van der Waals surface area contributed by atoms with Crippen molar-refractivity contribution in [1.82, 2.24) is 0 Å². The summed E-state index contributed by atoms with van der Waals surface area (Å²) in [5, 5.41) is 9.14. The Hall–Kier alpha value is -2.79. The third-order valence-electron chi connectivity index (χ3n) is 3.40. The van der Waals surface area contributed by atoms with Gasteiger partial charge in [-0.1, -0.05) is 41.9 Å². The van der Waals surface area contributed by atoms with Crippen LogP contribution in [0.5, 0.6) is 0 Å². The van der Waals surface area contributed by atoms with Crippen molar-refractivity contribution >= 4 is 34.7 Å². The second-order valence-corrected chi connectivity index (χ2v) is 5.40. The predicted octanol–water partition coefficient (Wildman–Crippen LogP) is 3.20. The van der Waals surface area contributed by atoms with Crippen LogP contribution < -0.4 is 16.1 Å². The average Bonchev–Trinajstić information content (AvgIpc) is 2.57. The smallest absolute Gasteiger partial charge is 0.239 e. The Kier molecular flexibility index (Phi) is 4.30. The summed E-state index contributed by atoms with van der Waals surface area (Å²) in [6, 6.07) is 16.6. The highest BCUT2D eigenvalue weighted by molar-refractivity contribution is 6.33. The second-order valence-electron chi connectivity index (χ2n) is 4.99. The van der Waals surface area contributed by atoms with Crippen molar-refractivity contribution in [1.29, 1.82) is 0 Å². The summed E-state index contributed by atoms with van der Waals surface area (Å²) in [5.41, 5.74) is 7.38. The number of nitrogens with two attached hydrogens (primary N) is 1. The number of para-hydroxylation sites is 2. The highest BCUT2D eigenvalue weighted by Gasteiger charge is 2.24.